The number of anilines is 1. The second-order valence-electron chi connectivity index (χ2n) is 5.29. The Morgan fingerprint density at radius 1 is 1.26 bits per heavy atom. The normalized spacial score (nSPS) is 15.3. The summed E-state index contributed by atoms with van der Waals surface area (Å²) in [6.45, 7) is 4.89. The number of thiazole rings is 1. The molecule has 0 radical (unpaired) electrons. The van der Waals surface area contributed by atoms with Crippen molar-refractivity contribution in [1.82, 2.24) is 15.2 Å². The van der Waals surface area contributed by atoms with Gasteiger partial charge in [-0.2, -0.15) is 0 Å². The van der Waals surface area contributed by atoms with Crippen LogP contribution >= 0.6 is 11.3 Å². The van der Waals surface area contributed by atoms with E-state index in [0.717, 1.165) is 49.8 Å². The van der Waals surface area contributed by atoms with E-state index in [1.807, 2.05) is 35.2 Å². The molecule has 2 amide bonds. The van der Waals surface area contributed by atoms with Crippen LogP contribution in [0.1, 0.15) is 0 Å². The number of rotatable bonds is 5. The highest BCUT2D eigenvalue weighted by atomic mass is 32.1. The summed E-state index contributed by atoms with van der Waals surface area (Å²) in [6, 6.07) is 7.50. The first-order valence-electron chi connectivity index (χ1n) is 7.65. The molecule has 1 aliphatic heterocycles. The molecule has 2 N–H and O–H groups in total. The number of carbonyl (C=O) groups is 1. The number of nitrogens with zero attached hydrogens (tertiary/aromatic N) is 2. The lowest BCUT2D eigenvalue weighted by atomic mass is 10.1. The number of benzene rings is 1. The maximum atomic E-state index is 11.9. The van der Waals surface area contributed by atoms with E-state index in [0.29, 0.717) is 6.54 Å². The van der Waals surface area contributed by atoms with Crippen molar-refractivity contribution in [2.24, 2.45) is 0 Å². The van der Waals surface area contributed by atoms with E-state index in [1.165, 1.54) is 0 Å². The van der Waals surface area contributed by atoms with Crippen molar-refractivity contribution in [2.75, 3.05) is 44.7 Å². The lowest BCUT2D eigenvalue weighted by Crippen LogP contribution is -2.42. The molecule has 2 heterocycles. The summed E-state index contributed by atoms with van der Waals surface area (Å²) in [6.07, 6.45) is 0. The first-order valence-corrected chi connectivity index (χ1v) is 8.59. The molecule has 3 rings (SSSR count). The number of urea groups is 1. The van der Waals surface area contributed by atoms with E-state index in [1.54, 1.807) is 11.3 Å². The largest absolute Gasteiger partial charge is 0.379 e. The number of hydrogen-bond donors (Lipinski definition) is 2. The Balaban J connectivity index is 1.42. The fraction of sp³-hybridized carbons (Fsp3) is 0.375. The molecule has 6 nitrogen and oxygen atoms in total. The summed E-state index contributed by atoms with van der Waals surface area (Å²) >= 11 is 1.57. The molecule has 7 heteroatoms. The minimum Gasteiger partial charge on any atom is -0.379 e. The van der Waals surface area contributed by atoms with Gasteiger partial charge in [0.2, 0.25) is 0 Å². The Labute approximate surface area is 139 Å². The second kappa shape index (κ2) is 8.05. The lowest BCUT2D eigenvalue weighted by Gasteiger charge is -2.26. The third-order valence-corrected chi connectivity index (χ3v) is 4.27. The topological polar surface area (TPSA) is 66.5 Å². The molecule has 23 heavy (non-hydrogen) atoms. The number of carbonyl (C=O) groups excluding carboxylic acids is 1. The van der Waals surface area contributed by atoms with Crippen LogP contribution in [0.3, 0.4) is 0 Å². The van der Waals surface area contributed by atoms with E-state index in [-0.39, 0.29) is 6.03 Å². The van der Waals surface area contributed by atoms with Crippen molar-refractivity contribution < 1.29 is 9.53 Å². The highest BCUT2D eigenvalue weighted by Gasteiger charge is 2.10. The van der Waals surface area contributed by atoms with Gasteiger partial charge in [-0.05, 0) is 12.1 Å². The molecule has 0 atom stereocenters. The summed E-state index contributed by atoms with van der Waals surface area (Å²) in [7, 11) is 0. The van der Waals surface area contributed by atoms with Crippen LogP contribution < -0.4 is 10.6 Å². The Hall–Kier alpha value is -1.96. The van der Waals surface area contributed by atoms with Crippen molar-refractivity contribution in [3.8, 4) is 11.3 Å². The minimum atomic E-state index is -0.181. The summed E-state index contributed by atoms with van der Waals surface area (Å²) in [5.41, 5.74) is 4.58. The van der Waals surface area contributed by atoms with Crippen LogP contribution in [0.2, 0.25) is 0 Å². The molecule has 0 saturated carbocycles. The Kier molecular flexibility index (Phi) is 5.57. The molecular formula is C16H20N4O2S. The lowest BCUT2D eigenvalue weighted by molar-refractivity contribution is 0.0388. The van der Waals surface area contributed by atoms with Gasteiger partial charge in [0, 0.05) is 42.8 Å². The van der Waals surface area contributed by atoms with Crippen molar-refractivity contribution in [3.05, 3.63) is 35.2 Å². The molecule has 1 aliphatic rings. The molecule has 0 aliphatic carbocycles. The standard InChI is InChI=1S/C16H20N4O2S/c21-16(17-5-6-20-7-9-22-10-8-20)19-14-3-1-13(2-4-14)15-11-23-12-18-15/h1-4,11-12H,5-10H2,(H2,17,19,21). The second-order valence-corrected chi connectivity index (χ2v) is 6.00. The molecule has 1 aromatic carbocycles. The smallest absolute Gasteiger partial charge is 0.319 e. The summed E-state index contributed by atoms with van der Waals surface area (Å²) in [5, 5.41) is 7.72. The Morgan fingerprint density at radius 2 is 2.04 bits per heavy atom. The highest BCUT2D eigenvalue weighted by molar-refractivity contribution is 7.07. The first kappa shape index (κ1) is 15.9. The van der Waals surface area contributed by atoms with Crippen molar-refractivity contribution >= 4 is 23.1 Å². The predicted octanol–water partition coefficient (Wildman–Crippen LogP) is 2.26. The van der Waals surface area contributed by atoms with Crippen LogP contribution in [0.4, 0.5) is 10.5 Å². The molecule has 1 fully saturated rings. The van der Waals surface area contributed by atoms with Gasteiger partial charge >= 0.3 is 6.03 Å². The van der Waals surface area contributed by atoms with Gasteiger partial charge in [-0.1, -0.05) is 12.1 Å². The van der Waals surface area contributed by atoms with Crippen molar-refractivity contribution in [3.63, 3.8) is 0 Å². The molecular weight excluding hydrogens is 312 g/mol. The minimum absolute atomic E-state index is 0.181. The Bertz CT molecular complexity index is 610. The SMILES string of the molecule is O=C(NCCN1CCOCC1)Nc1ccc(-c2cscn2)cc1. The van der Waals surface area contributed by atoms with E-state index in [2.05, 4.69) is 20.5 Å². The first-order chi connectivity index (χ1) is 11.3. The molecule has 0 spiro atoms. The zero-order valence-corrected chi connectivity index (χ0v) is 13.6. The molecule has 1 aromatic heterocycles. The molecule has 0 bridgehead atoms. The third-order valence-electron chi connectivity index (χ3n) is 3.69. The van der Waals surface area contributed by atoms with Crippen LogP contribution in [-0.4, -0.2) is 55.3 Å². The van der Waals surface area contributed by atoms with Crippen LogP contribution in [0, 0.1) is 0 Å². The van der Waals surface area contributed by atoms with Gasteiger partial charge < -0.3 is 15.4 Å². The molecule has 1 saturated heterocycles. The number of morpholine rings is 1. The summed E-state index contributed by atoms with van der Waals surface area (Å²) in [4.78, 5) is 18.4. The fourth-order valence-electron chi connectivity index (χ4n) is 2.41. The third kappa shape index (κ3) is 4.75. The predicted molar refractivity (Wildman–Crippen MR) is 91.8 cm³/mol. The van der Waals surface area contributed by atoms with E-state index in [9.17, 15) is 4.79 Å². The number of ether oxygens (including phenoxy) is 1. The zero-order valence-electron chi connectivity index (χ0n) is 12.8. The van der Waals surface area contributed by atoms with Crippen LogP contribution in [0.5, 0.6) is 0 Å². The molecule has 122 valence electrons. The van der Waals surface area contributed by atoms with Gasteiger partial charge in [0.1, 0.15) is 0 Å². The molecule has 0 unspecified atom stereocenters. The maximum Gasteiger partial charge on any atom is 0.319 e. The van der Waals surface area contributed by atoms with Gasteiger partial charge in [0.15, 0.2) is 0 Å². The monoisotopic (exact) mass is 332 g/mol. The van der Waals surface area contributed by atoms with Gasteiger partial charge in [-0.15, -0.1) is 11.3 Å². The number of nitrogens with one attached hydrogen (secondary N) is 2. The number of amides is 2. The van der Waals surface area contributed by atoms with E-state index >= 15 is 0 Å². The summed E-state index contributed by atoms with van der Waals surface area (Å²) in [5.74, 6) is 0. The van der Waals surface area contributed by atoms with Gasteiger partial charge in [0.25, 0.3) is 0 Å². The van der Waals surface area contributed by atoms with Gasteiger partial charge in [0.05, 0.1) is 24.4 Å². The van der Waals surface area contributed by atoms with Crippen LogP contribution in [0.25, 0.3) is 11.3 Å². The van der Waals surface area contributed by atoms with Crippen molar-refractivity contribution in [2.45, 2.75) is 0 Å². The highest BCUT2D eigenvalue weighted by Crippen LogP contribution is 2.20. The average molecular weight is 332 g/mol. The quantitative estimate of drug-likeness (QED) is 0.881. The maximum absolute atomic E-state index is 11.9. The summed E-state index contributed by atoms with van der Waals surface area (Å²) < 4.78 is 5.30. The fourth-order valence-corrected chi connectivity index (χ4v) is 2.97. The number of hydrogen-bond acceptors (Lipinski definition) is 5. The van der Waals surface area contributed by atoms with Gasteiger partial charge in [-0.25, -0.2) is 9.78 Å². The average Bonchev–Trinajstić information content (AvgIpc) is 3.11. The van der Waals surface area contributed by atoms with E-state index in [4.69, 9.17) is 4.74 Å². The van der Waals surface area contributed by atoms with Crippen LogP contribution in [0.15, 0.2) is 35.2 Å². The number of aromatic nitrogens is 1. The van der Waals surface area contributed by atoms with E-state index < -0.39 is 0 Å². The van der Waals surface area contributed by atoms with Crippen molar-refractivity contribution in [1.29, 1.82) is 0 Å². The van der Waals surface area contributed by atoms with Gasteiger partial charge in [-0.3, -0.25) is 4.90 Å². The Morgan fingerprint density at radius 3 is 2.74 bits per heavy atom. The molecule has 2 aromatic rings. The zero-order chi connectivity index (χ0) is 15.9. The van der Waals surface area contributed by atoms with Crippen LogP contribution in [-0.2, 0) is 4.74 Å².